The van der Waals surface area contributed by atoms with Gasteiger partial charge in [0.2, 0.25) is 0 Å². The molecule has 0 aromatic heterocycles. The van der Waals surface area contributed by atoms with Crippen LogP contribution >= 0.6 is 11.6 Å². The van der Waals surface area contributed by atoms with E-state index in [0.29, 0.717) is 31.9 Å². The fraction of sp³-hybridized carbons (Fsp3) is 0.294. The van der Waals surface area contributed by atoms with Gasteiger partial charge in [-0.3, -0.25) is 0 Å². The second-order valence-electron chi connectivity index (χ2n) is 5.64. The molecular weight excluding hydrogens is 352 g/mol. The van der Waals surface area contributed by atoms with Crippen LogP contribution in [0.2, 0.25) is 5.02 Å². The minimum atomic E-state index is -0.526. The first-order valence-electron chi connectivity index (χ1n) is 7.69. The Morgan fingerprint density at radius 2 is 1.72 bits per heavy atom. The quantitative estimate of drug-likeness (QED) is 0.753. The summed E-state index contributed by atoms with van der Waals surface area (Å²) in [5.41, 5.74) is 1.02. The maximum atomic E-state index is 14.3. The lowest BCUT2D eigenvalue weighted by Crippen LogP contribution is -2.46. The third-order valence-corrected chi connectivity index (χ3v) is 4.54. The van der Waals surface area contributed by atoms with Crippen molar-refractivity contribution >= 4 is 28.7 Å². The SMILES string of the molecule is COc1cc(N2CCN(c3ccc(Cl)c(F)c3)CC2)c(F)cc1N=O. The zero-order valence-electron chi connectivity index (χ0n) is 13.5. The second-order valence-corrected chi connectivity index (χ2v) is 6.05. The molecule has 2 aromatic rings. The molecule has 132 valence electrons. The third kappa shape index (κ3) is 3.51. The molecule has 1 saturated heterocycles. The van der Waals surface area contributed by atoms with Crippen molar-refractivity contribution in [2.45, 2.75) is 0 Å². The molecule has 8 heteroatoms. The van der Waals surface area contributed by atoms with Crippen molar-refractivity contribution < 1.29 is 13.5 Å². The van der Waals surface area contributed by atoms with E-state index in [0.717, 1.165) is 11.8 Å². The Labute approximate surface area is 148 Å². The molecule has 1 fully saturated rings. The first-order valence-corrected chi connectivity index (χ1v) is 8.07. The van der Waals surface area contributed by atoms with Crippen LogP contribution in [0.25, 0.3) is 0 Å². The van der Waals surface area contributed by atoms with Crippen molar-refractivity contribution in [1.82, 2.24) is 0 Å². The molecule has 1 heterocycles. The van der Waals surface area contributed by atoms with E-state index in [1.54, 1.807) is 6.07 Å². The second kappa shape index (κ2) is 7.23. The van der Waals surface area contributed by atoms with E-state index in [4.69, 9.17) is 16.3 Å². The largest absolute Gasteiger partial charge is 0.494 e. The van der Waals surface area contributed by atoms with Crippen LogP contribution in [0.3, 0.4) is 0 Å². The molecule has 0 radical (unpaired) electrons. The van der Waals surface area contributed by atoms with Gasteiger partial charge in [-0.15, -0.1) is 4.91 Å². The van der Waals surface area contributed by atoms with Gasteiger partial charge in [0.15, 0.2) is 5.69 Å². The molecule has 2 aromatic carbocycles. The number of nitrogens with zero attached hydrogens (tertiary/aromatic N) is 3. The number of benzene rings is 2. The summed E-state index contributed by atoms with van der Waals surface area (Å²) in [4.78, 5) is 14.6. The number of ether oxygens (including phenoxy) is 1. The predicted octanol–water partition coefficient (Wildman–Crippen LogP) is 4.35. The summed E-state index contributed by atoms with van der Waals surface area (Å²) >= 11 is 5.71. The zero-order chi connectivity index (χ0) is 18.0. The highest BCUT2D eigenvalue weighted by atomic mass is 35.5. The summed E-state index contributed by atoms with van der Waals surface area (Å²) in [5.74, 6) is -0.760. The average molecular weight is 368 g/mol. The van der Waals surface area contributed by atoms with Gasteiger partial charge in [0.25, 0.3) is 0 Å². The predicted molar refractivity (Wildman–Crippen MR) is 94.2 cm³/mol. The normalized spacial score (nSPS) is 14.6. The monoisotopic (exact) mass is 367 g/mol. The van der Waals surface area contributed by atoms with Gasteiger partial charge in [0.05, 0.1) is 17.8 Å². The summed E-state index contributed by atoms with van der Waals surface area (Å²) in [5, 5.41) is 2.85. The Morgan fingerprint density at radius 1 is 1.04 bits per heavy atom. The molecule has 0 unspecified atom stereocenters. The maximum Gasteiger partial charge on any atom is 0.152 e. The Morgan fingerprint density at radius 3 is 2.32 bits per heavy atom. The summed E-state index contributed by atoms with van der Waals surface area (Å²) in [6, 6.07) is 7.22. The lowest BCUT2D eigenvalue weighted by molar-refractivity contribution is 0.415. The molecule has 0 saturated carbocycles. The molecule has 0 N–H and O–H groups in total. The number of piperazine rings is 1. The Bertz CT molecular complexity index is 796. The number of rotatable bonds is 4. The highest BCUT2D eigenvalue weighted by Crippen LogP contribution is 2.35. The Kier molecular flexibility index (Phi) is 5.03. The van der Waals surface area contributed by atoms with Crippen molar-refractivity contribution in [2.75, 3.05) is 43.1 Å². The Balaban J connectivity index is 1.76. The van der Waals surface area contributed by atoms with Crippen LogP contribution in [-0.2, 0) is 0 Å². The zero-order valence-corrected chi connectivity index (χ0v) is 14.3. The van der Waals surface area contributed by atoms with Crippen LogP contribution in [0.15, 0.2) is 35.5 Å². The van der Waals surface area contributed by atoms with Crippen LogP contribution in [0, 0.1) is 16.5 Å². The fourth-order valence-electron chi connectivity index (χ4n) is 2.90. The molecule has 0 spiro atoms. The van der Waals surface area contributed by atoms with E-state index in [1.165, 1.54) is 25.3 Å². The van der Waals surface area contributed by atoms with Crippen LogP contribution in [0.5, 0.6) is 5.75 Å². The molecule has 5 nitrogen and oxygen atoms in total. The smallest absolute Gasteiger partial charge is 0.152 e. The maximum absolute atomic E-state index is 14.3. The summed E-state index contributed by atoms with van der Waals surface area (Å²) in [6.45, 7) is 2.27. The molecule has 1 aliphatic heterocycles. The summed E-state index contributed by atoms with van der Waals surface area (Å²) in [6.07, 6.45) is 0. The molecule has 0 aliphatic carbocycles. The van der Waals surface area contributed by atoms with E-state index in [-0.39, 0.29) is 16.5 Å². The van der Waals surface area contributed by atoms with E-state index >= 15 is 0 Å². The van der Waals surface area contributed by atoms with Crippen molar-refractivity contribution in [2.24, 2.45) is 5.18 Å². The highest BCUT2D eigenvalue weighted by molar-refractivity contribution is 6.30. The molecule has 0 bridgehead atoms. The Hall–Kier alpha value is -2.41. The summed E-state index contributed by atoms with van der Waals surface area (Å²) < 4.78 is 33.0. The molecule has 0 atom stereocenters. The standard InChI is InChI=1S/C17H16ClF2N3O2/c1-25-17-10-16(14(20)9-15(17)21-24)23-6-4-22(5-7-23)11-2-3-12(18)13(19)8-11/h2-3,8-10H,4-7H2,1H3. The van der Waals surface area contributed by atoms with Crippen molar-refractivity contribution in [3.05, 3.63) is 51.9 Å². The van der Waals surface area contributed by atoms with E-state index in [1.807, 2.05) is 9.80 Å². The molecule has 3 rings (SSSR count). The number of halogens is 3. The number of hydrogen-bond acceptors (Lipinski definition) is 5. The third-order valence-electron chi connectivity index (χ3n) is 4.24. The van der Waals surface area contributed by atoms with Crippen LogP contribution in [-0.4, -0.2) is 33.3 Å². The van der Waals surface area contributed by atoms with Crippen molar-refractivity contribution in [3.8, 4) is 5.75 Å². The minimum absolute atomic E-state index is 0.0703. The van der Waals surface area contributed by atoms with Gasteiger partial charge in [0.1, 0.15) is 17.4 Å². The topological polar surface area (TPSA) is 45.1 Å². The highest BCUT2D eigenvalue weighted by Gasteiger charge is 2.22. The first kappa shape index (κ1) is 17.4. The number of nitroso groups, excluding NO2 is 1. The minimum Gasteiger partial charge on any atom is -0.494 e. The summed E-state index contributed by atoms with van der Waals surface area (Å²) in [7, 11) is 1.40. The van der Waals surface area contributed by atoms with Crippen molar-refractivity contribution in [1.29, 1.82) is 0 Å². The van der Waals surface area contributed by atoms with Gasteiger partial charge in [-0.2, -0.15) is 0 Å². The molecular formula is C17H16ClF2N3O2. The molecule has 1 aliphatic rings. The van der Waals surface area contributed by atoms with E-state index in [9.17, 15) is 13.7 Å². The van der Waals surface area contributed by atoms with Crippen LogP contribution in [0.1, 0.15) is 0 Å². The van der Waals surface area contributed by atoms with Gasteiger partial charge < -0.3 is 14.5 Å². The van der Waals surface area contributed by atoms with Crippen LogP contribution < -0.4 is 14.5 Å². The lowest BCUT2D eigenvalue weighted by atomic mass is 10.2. The van der Waals surface area contributed by atoms with Gasteiger partial charge >= 0.3 is 0 Å². The lowest BCUT2D eigenvalue weighted by Gasteiger charge is -2.37. The van der Waals surface area contributed by atoms with Gasteiger partial charge in [-0.05, 0) is 23.4 Å². The van der Waals surface area contributed by atoms with Gasteiger partial charge in [-0.25, -0.2) is 8.78 Å². The average Bonchev–Trinajstić information content (AvgIpc) is 2.64. The number of hydrogen-bond donors (Lipinski definition) is 0. The first-order chi connectivity index (χ1) is 12.0. The van der Waals surface area contributed by atoms with E-state index < -0.39 is 11.6 Å². The van der Waals surface area contributed by atoms with Gasteiger partial charge in [-0.1, -0.05) is 11.6 Å². The van der Waals surface area contributed by atoms with Crippen LogP contribution in [0.4, 0.5) is 25.8 Å². The molecule has 0 amide bonds. The molecule has 25 heavy (non-hydrogen) atoms. The number of anilines is 2. The van der Waals surface area contributed by atoms with Gasteiger partial charge in [0, 0.05) is 44.0 Å². The van der Waals surface area contributed by atoms with Crippen molar-refractivity contribution in [3.63, 3.8) is 0 Å². The van der Waals surface area contributed by atoms with E-state index in [2.05, 4.69) is 5.18 Å². The fourth-order valence-corrected chi connectivity index (χ4v) is 3.01. The number of methoxy groups -OCH3 is 1.